The minimum Gasteiger partial charge on any atom is -0.305 e. The molecule has 2 aromatic heterocycles. The largest absolute Gasteiger partial charge is 0.305 e. The predicted octanol–water partition coefficient (Wildman–Crippen LogP) is -0.469. The fraction of sp³-hybridized carbons (Fsp3) is 0.500. The molecular weight excluding hydrogens is 194 g/mol. The van der Waals surface area contributed by atoms with Crippen LogP contribution in [0.3, 0.4) is 0 Å². The number of nitrogens with one attached hydrogen (secondary N) is 2. The molecule has 0 unspecified atom stereocenters. The van der Waals surface area contributed by atoms with Crippen LogP contribution in [0.5, 0.6) is 0 Å². The van der Waals surface area contributed by atoms with Crippen molar-refractivity contribution in [3.8, 4) is 0 Å². The van der Waals surface area contributed by atoms with E-state index in [0.29, 0.717) is 12.4 Å². The molecule has 0 saturated heterocycles. The number of hydrogen-bond donors (Lipinski definition) is 2. The van der Waals surface area contributed by atoms with E-state index in [-0.39, 0.29) is 0 Å². The number of aryl methyl sites for hydroxylation is 2. The van der Waals surface area contributed by atoms with Crippen LogP contribution in [-0.4, -0.2) is 30.4 Å². The number of tetrazole rings is 1. The number of H-pyrrole nitrogens is 1. The predicted molar refractivity (Wildman–Crippen MR) is 52.7 cm³/mol. The first kappa shape index (κ1) is 9.78. The summed E-state index contributed by atoms with van der Waals surface area (Å²) < 4.78 is 1.81. The first-order chi connectivity index (χ1) is 7.25. The van der Waals surface area contributed by atoms with Crippen molar-refractivity contribution in [2.24, 2.45) is 7.05 Å². The van der Waals surface area contributed by atoms with Gasteiger partial charge in [-0.15, -0.1) is 10.2 Å². The monoisotopic (exact) mass is 207 g/mol. The Bertz CT molecular complexity index is 416. The molecule has 7 heteroatoms. The molecule has 2 heterocycles. The summed E-state index contributed by atoms with van der Waals surface area (Å²) in [5.41, 5.74) is 2.22. The van der Waals surface area contributed by atoms with Crippen LogP contribution in [0.25, 0.3) is 0 Å². The Kier molecular flexibility index (Phi) is 2.72. The molecule has 0 aliphatic carbocycles. The SMILES string of the molecule is Cc1nn(C)cc1CNCc1nn[nH]n1. The summed E-state index contributed by atoms with van der Waals surface area (Å²) in [7, 11) is 1.91. The third kappa shape index (κ3) is 2.38. The molecule has 80 valence electrons. The van der Waals surface area contributed by atoms with Crippen LogP contribution in [0.15, 0.2) is 6.20 Å². The Hall–Kier alpha value is -1.76. The molecule has 0 fully saturated rings. The van der Waals surface area contributed by atoms with E-state index in [9.17, 15) is 0 Å². The van der Waals surface area contributed by atoms with Gasteiger partial charge in [0.25, 0.3) is 0 Å². The van der Waals surface area contributed by atoms with Crippen LogP contribution in [-0.2, 0) is 20.1 Å². The van der Waals surface area contributed by atoms with Crippen molar-refractivity contribution < 1.29 is 0 Å². The third-order valence-corrected chi connectivity index (χ3v) is 2.10. The lowest BCUT2D eigenvalue weighted by Crippen LogP contribution is -2.14. The van der Waals surface area contributed by atoms with Gasteiger partial charge in [-0.1, -0.05) is 5.21 Å². The molecule has 15 heavy (non-hydrogen) atoms. The van der Waals surface area contributed by atoms with Gasteiger partial charge in [-0.2, -0.15) is 10.3 Å². The number of aromatic nitrogens is 6. The maximum atomic E-state index is 4.25. The highest BCUT2D eigenvalue weighted by molar-refractivity contribution is 5.14. The van der Waals surface area contributed by atoms with Gasteiger partial charge in [-0.05, 0) is 6.92 Å². The second-order valence-electron chi connectivity index (χ2n) is 3.35. The van der Waals surface area contributed by atoms with Crippen molar-refractivity contribution in [2.75, 3.05) is 0 Å². The molecule has 0 bridgehead atoms. The minimum atomic E-state index is 0.602. The molecule has 7 nitrogen and oxygen atoms in total. The summed E-state index contributed by atoms with van der Waals surface area (Å²) in [4.78, 5) is 0. The number of hydrogen-bond acceptors (Lipinski definition) is 5. The Morgan fingerprint density at radius 2 is 2.33 bits per heavy atom. The van der Waals surface area contributed by atoms with E-state index < -0.39 is 0 Å². The topological polar surface area (TPSA) is 84.3 Å². The standard InChI is InChI=1S/C8H13N7/c1-6-7(5-15(2)12-6)3-9-4-8-10-13-14-11-8/h5,9H,3-4H2,1-2H3,(H,10,11,13,14). The van der Waals surface area contributed by atoms with Crippen molar-refractivity contribution in [3.63, 3.8) is 0 Å². The highest BCUT2D eigenvalue weighted by Crippen LogP contribution is 2.03. The Balaban J connectivity index is 1.86. The number of rotatable bonds is 4. The number of nitrogens with zero attached hydrogens (tertiary/aromatic N) is 5. The quantitative estimate of drug-likeness (QED) is 0.708. The molecule has 0 saturated carbocycles. The number of aromatic amines is 1. The second kappa shape index (κ2) is 4.18. The fourth-order valence-corrected chi connectivity index (χ4v) is 1.39. The van der Waals surface area contributed by atoms with Gasteiger partial charge in [-0.25, -0.2) is 0 Å². The maximum Gasteiger partial charge on any atom is 0.188 e. The van der Waals surface area contributed by atoms with Crippen LogP contribution in [0, 0.1) is 6.92 Å². The minimum absolute atomic E-state index is 0.602. The highest BCUT2D eigenvalue weighted by Gasteiger charge is 2.03. The molecular formula is C8H13N7. The van der Waals surface area contributed by atoms with Crippen LogP contribution in [0.4, 0.5) is 0 Å². The molecule has 0 aliphatic heterocycles. The molecule has 2 rings (SSSR count). The summed E-state index contributed by atoms with van der Waals surface area (Å²) in [5, 5.41) is 21.0. The third-order valence-electron chi connectivity index (χ3n) is 2.10. The van der Waals surface area contributed by atoms with Crippen molar-refractivity contribution in [3.05, 3.63) is 23.3 Å². The Morgan fingerprint density at radius 1 is 1.47 bits per heavy atom. The summed E-state index contributed by atoms with van der Waals surface area (Å²) in [6, 6.07) is 0. The van der Waals surface area contributed by atoms with Crippen molar-refractivity contribution >= 4 is 0 Å². The zero-order valence-electron chi connectivity index (χ0n) is 8.73. The molecule has 0 atom stereocenters. The maximum absolute atomic E-state index is 4.25. The smallest absolute Gasteiger partial charge is 0.188 e. The van der Waals surface area contributed by atoms with E-state index >= 15 is 0 Å². The molecule has 0 radical (unpaired) electrons. The summed E-state index contributed by atoms with van der Waals surface area (Å²) >= 11 is 0. The van der Waals surface area contributed by atoms with E-state index in [1.54, 1.807) is 4.68 Å². The van der Waals surface area contributed by atoms with Gasteiger partial charge in [0, 0.05) is 25.4 Å². The van der Waals surface area contributed by atoms with E-state index in [0.717, 1.165) is 12.2 Å². The van der Waals surface area contributed by atoms with Gasteiger partial charge in [0.15, 0.2) is 5.82 Å². The zero-order valence-corrected chi connectivity index (χ0v) is 8.73. The summed E-state index contributed by atoms with van der Waals surface area (Å²) in [6.07, 6.45) is 2.00. The molecule has 0 amide bonds. The van der Waals surface area contributed by atoms with Crippen LogP contribution in [0.1, 0.15) is 17.1 Å². The van der Waals surface area contributed by atoms with Crippen molar-refractivity contribution in [2.45, 2.75) is 20.0 Å². The molecule has 2 N–H and O–H groups in total. The molecule has 0 spiro atoms. The second-order valence-corrected chi connectivity index (χ2v) is 3.35. The lowest BCUT2D eigenvalue weighted by Gasteiger charge is -1.99. The van der Waals surface area contributed by atoms with Gasteiger partial charge in [-0.3, -0.25) is 4.68 Å². The molecule has 0 aliphatic rings. The van der Waals surface area contributed by atoms with Crippen molar-refractivity contribution in [1.82, 2.24) is 35.7 Å². The van der Waals surface area contributed by atoms with Gasteiger partial charge < -0.3 is 5.32 Å². The van der Waals surface area contributed by atoms with Gasteiger partial charge in [0.2, 0.25) is 0 Å². The van der Waals surface area contributed by atoms with Crippen LogP contribution < -0.4 is 5.32 Å². The Labute approximate surface area is 86.9 Å². The average molecular weight is 207 g/mol. The van der Waals surface area contributed by atoms with Gasteiger partial charge in [0.1, 0.15) is 0 Å². The zero-order chi connectivity index (χ0) is 10.7. The van der Waals surface area contributed by atoms with Crippen molar-refractivity contribution in [1.29, 1.82) is 0 Å². The molecule has 2 aromatic rings. The lowest BCUT2D eigenvalue weighted by atomic mass is 10.2. The van der Waals surface area contributed by atoms with Crippen LogP contribution in [0.2, 0.25) is 0 Å². The first-order valence-corrected chi connectivity index (χ1v) is 4.68. The van der Waals surface area contributed by atoms with Gasteiger partial charge >= 0.3 is 0 Å². The van der Waals surface area contributed by atoms with E-state index in [2.05, 4.69) is 31.0 Å². The van der Waals surface area contributed by atoms with E-state index in [1.165, 1.54) is 5.56 Å². The fourth-order valence-electron chi connectivity index (χ4n) is 1.39. The van der Waals surface area contributed by atoms with Gasteiger partial charge in [0.05, 0.1) is 12.2 Å². The van der Waals surface area contributed by atoms with E-state index in [4.69, 9.17) is 0 Å². The first-order valence-electron chi connectivity index (χ1n) is 4.68. The van der Waals surface area contributed by atoms with E-state index in [1.807, 2.05) is 20.2 Å². The summed E-state index contributed by atoms with van der Waals surface area (Å²) in [6.45, 7) is 3.35. The summed E-state index contributed by atoms with van der Waals surface area (Å²) in [5.74, 6) is 0.663. The Morgan fingerprint density at radius 3 is 2.93 bits per heavy atom. The highest BCUT2D eigenvalue weighted by atomic mass is 15.5. The normalized spacial score (nSPS) is 10.8. The van der Waals surface area contributed by atoms with Crippen LogP contribution >= 0.6 is 0 Å². The molecule has 0 aromatic carbocycles. The average Bonchev–Trinajstić information content (AvgIpc) is 2.77. The lowest BCUT2D eigenvalue weighted by molar-refractivity contribution is 0.661.